The molecular weight excluding hydrogens is 290 g/mol. The van der Waals surface area contributed by atoms with E-state index in [4.69, 9.17) is 9.47 Å². The van der Waals surface area contributed by atoms with Crippen molar-refractivity contribution >= 4 is 5.91 Å². The van der Waals surface area contributed by atoms with E-state index in [0.29, 0.717) is 19.1 Å². The molecule has 1 fully saturated rings. The van der Waals surface area contributed by atoms with Crippen LogP contribution in [-0.2, 0) is 20.7 Å². The van der Waals surface area contributed by atoms with E-state index < -0.39 is 5.79 Å². The predicted molar refractivity (Wildman–Crippen MR) is 91.3 cm³/mol. The minimum atomic E-state index is -0.548. The summed E-state index contributed by atoms with van der Waals surface area (Å²) >= 11 is 0. The summed E-state index contributed by atoms with van der Waals surface area (Å²) < 4.78 is 11.2. The molecule has 0 saturated carbocycles. The molecule has 0 radical (unpaired) electrons. The maximum absolute atomic E-state index is 12.3. The molecule has 0 aromatic heterocycles. The van der Waals surface area contributed by atoms with E-state index in [-0.39, 0.29) is 17.9 Å². The number of carbonyl (C=O) groups excluding carboxylic acids is 1. The van der Waals surface area contributed by atoms with Crippen molar-refractivity contribution in [1.82, 2.24) is 5.32 Å². The molecular formula is C19H29NO3. The van der Waals surface area contributed by atoms with Gasteiger partial charge in [-0.1, -0.05) is 38.1 Å². The van der Waals surface area contributed by atoms with Gasteiger partial charge in [-0.2, -0.15) is 0 Å². The third-order valence-corrected chi connectivity index (χ3v) is 4.09. The highest BCUT2D eigenvalue weighted by Crippen LogP contribution is 2.22. The first-order valence-corrected chi connectivity index (χ1v) is 8.45. The molecule has 2 unspecified atom stereocenters. The second-order valence-electron chi connectivity index (χ2n) is 7.26. The maximum atomic E-state index is 12.3. The van der Waals surface area contributed by atoms with Crippen molar-refractivity contribution in [2.45, 2.75) is 58.8 Å². The molecule has 128 valence electrons. The first-order valence-electron chi connectivity index (χ1n) is 8.45. The Morgan fingerprint density at radius 2 is 1.91 bits per heavy atom. The highest BCUT2D eigenvalue weighted by atomic mass is 16.7. The van der Waals surface area contributed by atoms with Gasteiger partial charge in [0.05, 0.1) is 12.5 Å². The van der Waals surface area contributed by atoms with E-state index in [1.54, 1.807) is 0 Å². The normalized spacial score (nSPS) is 21.4. The van der Waals surface area contributed by atoms with Crippen LogP contribution >= 0.6 is 0 Å². The molecule has 1 heterocycles. The molecule has 2 rings (SSSR count). The SMILES string of the molecule is CC(C)Cc1ccc(C(C)C(=O)NCC2COC(C)(C)O2)cc1. The third-order valence-electron chi connectivity index (χ3n) is 4.09. The number of rotatable bonds is 6. The first-order chi connectivity index (χ1) is 10.8. The lowest BCUT2D eigenvalue weighted by molar-refractivity contribution is -0.139. The zero-order valence-corrected chi connectivity index (χ0v) is 14.9. The highest BCUT2D eigenvalue weighted by molar-refractivity contribution is 5.83. The maximum Gasteiger partial charge on any atom is 0.227 e. The average molecular weight is 319 g/mol. The number of nitrogens with one attached hydrogen (secondary N) is 1. The topological polar surface area (TPSA) is 47.6 Å². The van der Waals surface area contributed by atoms with E-state index in [1.165, 1.54) is 5.56 Å². The van der Waals surface area contributed by atoms with E-state index >= 15 is 0 Å². The molecule has 0 bridgehead atoms. The van der Waals surface area contributed by atoms with Crippen LogP contribution in [0.5, 0.6) is 0 Å². The molecule has 4 nitrogen and oxygen atoms in total. The fourth-order valence-electron chi connectivity index (χ4n) is 2.80. The zero-order valence-electron chi connectivity index (χ0n) is 14.9. The van der Waals surface area contributed by atoms with Crippen LogP contribution in [0.15, 0.2) is 24.3 Å². The van der Waals surface area contributed by atoms with Crippen molar-refractivity contribution in [3.63, 3.8) is 0 Å². The first kappa shape index (κ1) is 18.0. The van der Waals surface area contributed by atoms with Gasteiger partial charge in [0.25, 0.3) is 0 Å². The average Bonchev–Trinajstić information content (AvgIpc) is 2.83. The van der Waals surface area contributed by atoms with E-state index in [9.17, 15) is 4.79 Å². The fraction of sp³-hybridized carbons (Fsp3) is 0.632. The minimum Gasteiger partial charge on any atom is -0.353 e. The van der Waals surface area contributed by atoms with Crippen LogP contribution in [0.3, 0.4) is 0 Å². The molecule has 4 heteroatoms. The summed E-state index contributed by atoms with van der Waals surface area (Å²) in [4.78, 5) is 12.3. The second-order valence-corrected chi connectivity index (χ2v) is 7.26. The lowest BCUT2D eigenvalue weighted by Gasteiger charge is -2.18. The fourth-order valence-corrected chi connectivity index (χ4v) is 2.80. The van der Waals surface area contributed by atoms with Gasteiger partial charge in [-0.3, -0.25) is 4.79 Å². The van der Waals surface area contributed by atoms with Crippen LogP contribution in [0.4, 0.5) is 0 Å². The molecule has 1 saturated heterocycles. The molecule has 1 amide bonds. The summed E-state index contributed by atoms with van der Waals surface area (Å²) in [6, 6.07) is 8.35. The quantitative estimate of drug-likeness (QED) is 0.875. The van der Waals surface area contributed by atoms with Gasteiger partial charge in [0, 0.05) is 6.54 Å². The number of hydrogen-bond acceptors (Lipinski definition) is 3. The summed E-state index contributed by atoms with van der Waals surface area (Å²) in [7, 11) is 0. The molecule has 1 N–H and O–H groups in total. The molecule has 1 aliphatic rings. The zero-order chi connectivity index (χ0) is 17.0. The molecule has 2 atom stereocenters. The number of benzene rings is 1. The second kappa shape index (κ2) is 7.45. The Hall–Kier alpha value is -1.39. The Labute approximate surface area is 139 Å². The predicted octanol–water partition coefficient (Wildman–Crippen LogP) is 3.26. The van der Waals surface area contributed by atoms with Crippen LogP contribution in [0, 0.1) is 5.92 Å². The molecule has 23 heavy (non-hydrogen) atoms. The van der Waals surface area contributed by atoms with E-state index in [2.05, 4.69) is 43.4 Å². The van der Waals surface area contributed by atoms with Gasteiger partial charge in [0.1, 0.15) is 6.10 Å². The number of carbonyl (C=O) groups is 1. The van der Waals surface area contributed by atoms with Crippen LogP contribution in [0.25, 0.3) is 0 Å². The highest BCUT2D eigenvalue weighted by Gasteiger charge is 2.32. The van der Waals surface area contributed by atoms with Crippen molar-refractivity contribution in [2.75, 3.05) is 13.2 Å². The van der Waals surface area contributed by atoms with Crippen LogP contribution < -0.4 is 5.32 Å². The Morgan fingerprint density at radius 3 is 2.43 bits per heavy atom. The van der Waals surface area contributed by atoms with Gasteiger partial charge >= 0.3 is 0 Å². The molecule has 0 spiro atoms. The Balaban J connectivity index is 1.84. The smallest absolute Gasteiger partial charge is 0.227 e. The Kier molecular flexibility index (Phi) is 5.82. The van der Waals surface area contributed by atoms with E-state index in [0.717, 1.165) is 12.0 Å². The lowest BCUT2D eigenvalue weighted by atomic mass is 9.96. The van der Waals surface area contributed by atoms with Crippen molar-refractivity contribution in [3.8, 4) is 0 Å². The summed E-state index contributed by atoms with van der Waals surface area (Å²) in [5, 5.41) is 2.96. The minimum absolute atomic E-state index is 0.0231. The van der Waals surface area contributed by atoms with Gasteiger partial charge in [-0.05, 0) is 44.2 Å². The molecule has 1 aliphatic heterocycles. The molecule has 0 aliphatic carbocycles. The Bertz CT molecular complexity index is 522. The monoisotopic (exact) mass is 319 g/mol. The van der Waals surface area contributed by atoms with Crippen molar-refractivity contribution in [1.29, 1.82) is 0 Å². The summed E-state index contributed by atoms with van der Waals surface area (Å²) in [5.41, 5.74) is 2.36. The van der Waals surface area contributed by atoms with Gasteiger partial charge < -0.3 is 14.8 Å². The molecule has 1 aromatic carbocycles. The van der Waals surface area contributed by atoms with E-state index in [1.807, 2.05) is 20.8 Å². The van der Waals surface area contributed by atoms with Gasteiger partial charge in [-0.15, -0.1) is 0 Å². The van der Waals surface area contributed by atoms with Gasteiger partial charge in [0.2, 0.25) is 5.91 Å². The largest absolute Gasteiger partial charge is 0.353 e. The van der Waals surface area contributed by atoms with Gasteiger partial charge in [-0.25, -0.2) is 0 Å². The third kappa shape index (κ3) is 5.33. The van der Waals surface area contributed by atoms with Crippen molar-refractivity contribution in [2.24, 2.45) is 5.92 Å². The number of hydrogen-bond donors (Lipinski definition) is 1. The van der Waals surface area contributed by atoms with Crippen LogP contribution in [0.2, 0.25) is 0 Å². The number of amides is 1. The van der Waals surface area contributed by atoms with Crippen LogP contribution in [-0.4, -0.2) is 30.9 Å². The van der Waals surface area contributed by atoms with Crippen LogP contribution in [0.1, 0.15) is 51.7 Å². The van der Waals surface area contributed by atoms with Gasteiger partial charge in [0.15, 0.2) is 5.79 Å². The Morgan fingerprint density at radius 1 is 1.26 bits per heavy atom. The summed E-state index contributed by atoms with van der Waals surface area (Å²) in [5.74, 6) is -0.0550. The standard InChI is InChI=1S/C19H29NO3/c1-13(2)10-15-6-8-16(9-7-15)14(3)18(21)20-11-17-12-22-19(4,5)23-17/h6-9,13-14,17H,10-12H2,1-5H3,(H,20,21). The lowest BCUT2D eigenvalue weighted by Crippen LogP contribution is -2.36. The molecule has 1 aromatic rings. The summed E-state index contributed by atoms with van der Waals surface area (Å²) in [6.07, 6.45) is 0.991. The van der Waals surface area contributed by atoms with Crippen molar-refractivity contribution < 1.29 is 14.3 Å². The van der Waals surface area contributed by atoms with Crippen molar-refractivity contribution in [3.05, 3.63) is 35.4 Å². The number of ether oxygens (including phenoxy) is 2. The summed E-state index contributed by atoms with van der Waals surface area (Å²) in [6.45, 7) is 11.1.